The molecule has 0 atom stereocenters. The molecule has 3 rings (SSSR count). The zero-order valence-corrected chi connectivity index (χ0v) is 11.8. The SMILES string of the molecule is COC(=O)c1ccc2nc(-n3nc(C)cc3N)sc2c1. The van der Waals surface area contributed by atoms with Gasteiger partial charge in [-0.2, -0.15) is 9.78 Å². The van der Waals surface area contributed by atoms with E-state index in [0.29, 0.717) is 16.5 Å². The van der Waals surface area contributed by atoms with Crippen molar-refractivity contribution >= 4 is 33.3 Å². The van der Waals surface area contributed by atoms with Crippen molar-refractivity contribution in [3.8, 4) is 5.13 Å². The van der Waals surface area contributed by atoms with Crippen LogP contribution in [0.25, 0.3) is 15.3 Å². The first-order chi connectivity index (χ1) is 9.58. The number of benzene rings is 1. The number of hydrogen-bond acceptors (Lipinski definition) is 6. The normalized spacial score (nSPS) is 10.9. The highest BCUT2D eigenvalue weighted by Gasteiger charge is 2.12. The predicted octanol–water partition coefficient (Wildman–Crippen LogP) is 2.16. The number of carbonyl (C=O) groups excluding carboxylic acids is 1. The Bertz CT molecular complexity index is 806. The largest absolute Gasteiger partial charge is 0.465 e. The molecule has 0 bridgehead atoms. The fourth-order valence-corrected chi connectivity index (χ4v) is 2.90. The summed E-state index contributed by atoms with van der Waals surface area (Å²) in [6.07, 6.45) is 0. The molecule has 0 unspecified atom stereocenters. The molecule has 6 nitrogen and oxygen atoms in total. The van der Waals surface area contributed by atoms with Gasteiger partial charge in [-0.05, 0) is 25.1 Å². The van der Waals surface area contributed by atoms with Crippen LogP contribution in [0.1, 0.15) is 16.1 Å². The van der Waals surface area contributed by atoms with Crippen LogP contribution in [-0.4, -0.2) is 27.8 Å². The van der Waals surface area contributed by atoms with E-state index in [2.05, 4.69) is 10.1 Å². The highest BCUT2D eigenvalue weighted by Crippen LogP contribution is 2.27. The van der Waals surface area contributed by atoms with E-state index in [1.165, 1.54) is 18.4 Å². The molecule has 0 saturated heterocycles. The average molecular weight is 288 g/mol. The Hall–Kier alpha value is -2.41. The Labute approximate surface area is 118 Å². The summed E-state index contributed by atoms with van der Waals surface area (Å²) in [6, 6.07) is 7.02. The van der Waals surface area contributed by atoms with E-state index in [1.807, 2.05) is 6.92 Å². The molecule has 2 aromatic heterocycles. The molecule has 0 aliphatic heterocycles. The van der Waals surface area contributed by atoms with E-state index in [4.69, 9.17) is 10.5 Å². The first-order valence-electron chi connectivity index (χ1n) is 5.90. The highest BCUT2D eigenvalue weighted by molar-refractivity contribution is 7.20. The number of ether oxygens (including phenoxy) is 1. The molecule has 2 heterocycles. The quantitative estimate of drug-likeness (QED) is 0.731. The van der Waals surface area contributed by atoms with Crippen LogP contribution in [-0.2, 0) is 4.74 Å². The molecular formula is C13H12N4O2S. The van der Waals surface area contributed by atoms with Crippen molar-refractivity contribution in [1.29, 1.82) is 0 Å². The van der Waals surface area contributed by atoms with Gasteiger partial charge in [-0.15, -0.1) is 0 Å². The van der Waals surface area contributed by atoms with E-state index in [1.54, 1.807) is 28.9 Å². The molecule has 102 valence electrons. The van der Waals surface area contributed by atoms with Crippen molar-refractivity contribution in [2.24, 2.45) is 0 Å². The molecule has 20 heavy (non-hydrogen) atoms. The molecule has 0 aliphatic carbocycles. The second kappa shape index (κ2) is 4.61. The van der Waals surface area contributed by atoms with Gasteiger partial charge >= 0.3 is 5.97 Å². The molecule has 2 N–H and O–H groups in total. The zero-order valence-electron chi connectivity index (χ0n) is 11.0. The smallest absolute Gasteiger partial charge is 0.337 e. The number of aryl methyl sites for hydroxylation is 1. The number of rotatable bonds is 2. The summed E-state index contributed by atoms with van der Waals surface area (Å²) in [7, 11) is 1.36. The predicted molar refractivity (Wildman–Crippen MR) is 77.2 cm³/mol. The lowest BCUT2D eigenvalue weighted by Gasteiger charge is -1.97. The van der Waals surface area contributed by atoms with Crippen LogP contribution in [0.4, 0.5) is 5.82 Å². The number of thiazole rings is 1. The topological polar surface area (TPSA) is 83.0 Å². The third-order valence-electron chi connectivity index (χ3n) is 2.84. The molecule has 7 heteroatoms. The number of nitrogens with two attached hydrogens (primary N) is 1. The van der Waals surface area contributed by atoms with Gasteiger partial charge in [0, 0.05) is 6.07 Å². The molecule has 1 aromatic carbocycles. The number of nitrogens with zero attached hydrogens (tertiary/aromatic N) is 3. The van der Waals surface area contributed by atoms with E-state index in [-0.39, 0.29) is 5.97 Å². The Morgan fingerprint density at radius 1 is 1.40 bits per heavy atom. The van der Waals surface area contributed by atoms with Crippen LogP contribution in [0.2, 0.25) is 0 Å². The molecule has 0 radical (unpaired) electrons. The number of esters is 1. The van der Waals surface area contributed by atoms with Crippen LogP contribution < -0.4 is 5.73 Å². The standard InChI is InChI=1S/C13H12N4O2S/c1-7-5-11(14)17(16-7)13-15-9-4-3-8(12(18)19-2)6-10(9)20-13/h3-6H,14H2,1-2H3. The number of aromatic nitrogens is 3. The molecule has 0 spiro atoms. The van der Waals surface area contributed by atoms with Crippen molar-refractivity contribution in [1.82, 2.24) is 14.8 Å². The van der Waals surface area contributed by atoms with Crippen molar-refractivity contribution in [3.63, 3.8) is 0 Å². The van der Waals surface area contributed by atoms with E-state index in [9.17, 15) is 4.79 Å². The van der Waals surface area contributed by atoms with Crippen molar-refractivity contribution in [3.05, 3.63) is 35.5 Å². The van der Waals surface area contributed by atoms with Gasteiger partial charge < -0.3 is 10.5 Å². The lowest BCUT2D eigenvalue weighted by molar-refractivity contribution is 0.0601. The lowest BCUT2D eigenvalue weighted by atomic mass is 10.2. The third kappa shape index (κ3) is 2.01. The number of hydrogen-bond donors (Lipinski definition) is 1. The second-order valence-corrected chi connectivity index (χ2v) is 5.30. The molecule has 3 aromatic rings. The Morgan fingerprint density at radius 2 is 2.20 bits per heavy atom. The Kier molecular flexibility index (Phi) is 2.90. The lowest BCUT2D eigenvalue weighted by Crippen LogP contribution is -2.00. The minimum absolute atomic E-state index is 0.365. The Morgan fingerprint density at radius 3 is 2.85 bits per heavy atom. The van der Waals surface area contributed by atoms with Crippen molar-refractivity contribution in [2.75, 3.05) is 12.8 Å². The highest BCUT2D eigenvalue weighted by atomic mass is 32.1. The second-order valence-electron chi connectivity index (χ2n) is 4.29. The fraction of sp³-hybridized carbons (Fsp3) is 0.154. The van der Waals surface area contributed by atoms with Crippen LogP contribution in [0.5, 0.6) is 0 Å². The number of methoxy groups -OCH3 is 1. The van der Waals surface area contributed by atoms with Crippen molar-refractivity contribution in [2.45, 2.75) is 6.92 Å². The third-order valence-corrected chi connectivity index (χ3v) is 3.83. The van der Waals surface area contributed by atoms with E-state index >= 15 is 0 Å². The van der Waals surface area contributed by atoms with Gasteiger partial charge in [0.2, 0.25) is 5.13 Å². The maximum atomic E-state index is 11.5. The van der Waals surface area contributed by atoms with E-state index < -0.39 is 0 Å². The van der Waals surface area contributed by atoms with Crippen LogP contribution in [0.3, 0.4) is 0 Å². The van der Waals surface area contributed by atoms with Gasteiger partial charge in [0.15, 0.2) is 0 Å². The molecule has 0 fully saturated rings. The van der Waals surface area contributed by atoms with Gasteiger partial charge in [0.05, 0.1) is 28.6 Å². The zero-order chi connectivity index (χ0) is 14.3. The van der Waals surface area contributed by atoms with Crippen LogP contribution in [0.15, 0.2) is 24.3 Å². The maximum absolute atomic E-state index is 11.5. The molecular weight excluding hydrogens is 276 g/mol. The van der Waals surface area contributed by atoms with Gasteiger partial charge in [0.1, 0.15) is 5.82 Å². The van der Waals surface area contributed by atoms with Gasteiger partial charge in [0.25, 0.3) is 0 Å². The fourth-order valence-electron chi connectivity index (χ4n) is 1.92. The number of anilines is 1. The monoisotopic (exact) mass is 288 g/mol. The molecule has 0 aliphatic rings. The summed E-state index contributed by atoms with van der Waals surface area (Å²) in [6.45, 7) is 1.87. The first-order valence-corrected chi connectivity index (χ1v) is 6.71. The van der Waals surface area contributed by atoms with Gasteiger partial charge in [-0.3, -0.25) is 0 Å². The minimum atomic E-state index is -0.365. The summed E-state index contributed by atoms with van der Waals surface area (Å²) in [5, 5.41) is 4.97. The van der Waals surface area contributed by atoms with Gasteiger partial charge in [-0.25, -0.2) is 9.78 Å². The molecule has 0 amide bonds. The van der Waals surface area contributed by atoms with Crippen LogP contribution in [0, 0.1) is 6.92 Å². The first kappa shape index (κ1) is 12.6. The van der Waals surface area contributed by atoms with Gasteiger partial charge in [-0.1, -0.05) is 11.3 Å². The molecule has 0 saturated carbocycles. The summed E-state index contributed by atoms with van der Waals surface area (Å²) >= 11 is 1.42. The minimum Gasteiger partial charge on any atom is -0.465 e. The van der Waals surface area contributed by atoms with E-state index in [0.717, 1.165) is 15.9 Å². The number of fused-ring (bicyclic) bond motifs is 1. The number of carbonyl (C=O) groups is 1. The summed E-state index contributed by atoms with van der Waals surface area (Å²) in [5.74, 6) is 0.172. The van der Waals surface area contributed by atoms with Crippen molar-refractivity contribution < 1.29 is 9.53 Å². The summed E-state index contributed by atoms with van der Waals surface area (Å²) in [5.41, 5.74) is 8.01. The van der Waals surface area contributed by atoms with Crippen LogP contribution >= 0.6 is 11.3 Å². The number of nitrogen functional groups attached to an aromatic ring is 1. The maximum Gasteiger partial charge on any atom is 0.337 e. The Balaban J connectivity index is 2.11. The summed E-state index contributed by atoms with van der Waals surface area (Å²) < 4.78 is 7.19. The average Bonchev–Trinajstić information content (AvgIpc) is 2.99. The summed E-state index contributed by atoms with van der Waals surface area (Å²) in [4.78, 5) is 16.0.